The minimum absolute atomic E-state index is 0.334. The fourth-order valence-corrected chi connectivity index (χ4v) is 3.95. The summed E-state index contributed by atoms with van der Waals surface area (Å²) in [6.07, 6.45) is 2.35. The van der Waals surface area contributed by atoms with E-state index in [-0.39, 0.29) is 5.82 Å². The highest BCUT2D eigenvalue weighted by atomic mass is 35.5. The third-order valence-corrected chi connectivity index (χ3v) is 5.20. The van der Waals surface area contributed by atoms with Crippen LogP contribution >= 0.6 is 11.6 Å². The van der Waals surface area contributed by atoms with Gasteiger partial charge in [0, 0.05) is 11.6 Å². The summed E-state index contributed by atoms with van der Waals surface area (Å²) in [7, 11) is 0. The van der Waals surface area contributed by atoms with E-state index in [1.165, 1.54) is 31.0 Å². The standard InChI is InChI=1S/C17H18ClFN4/c18-15-2-1-12(19)7-14(15)16-3-4-17(23-22-16)21-13-5-10-8-20-9-11(10)6-13/h1-4,7,10-11,13,20H,5-6,8-9H2,(H,21,23)/t10-,11?,13+/m1/s1. The van der Waals surface area contributed by atoms with Crippen LogP contribution in [0, 0.1) is 17.7 Å². The van der Waals surface area contributed by atoms with Gasteiger partial charge < -0.3 is 10.6 Å². The Balaban J connectivity index is 1.47. The predicted octanol–water partition coefficient (Wildman–Crippen LogP) is 3.35. The molecule has 0 bridgehead atoms. The Morgan fingerprint density at radius 2 is 1.87 bits per heavy atom. The van der Waals surface area contributed by atoms with Crippen LogP contribution in [0.25, 0.3) is 11.3 Å². The van der Waals surface area contributed by atoms with E-state index >= 15 is 0 Å². The van der Waals surface area contributed by atoms with Gasteiger partial charge in [-0.15, -0.1) is 10.2 Å². The van der Waals surface area contributed by atoms with Crippen molar-refractivity contribution in [3.63, 3.8) is 0 Å². The predicted molar refractivity (Wildman–Crippen MR) is 88.9 cm³/mol. The zero-order valence-electron chi connectivity index (χ0n) is 12.6. The molecule has 2 heterocycles. The summed E-state index contributed by atoms with van der Waals surface area (Å²) in [6, 6.07) is 8.42. The van der Waals surface area contributed by atoms with Gasteiger partial charge in [-0.25, -0.2) is 4.39 Å². The molecule has 6 heteroatoms. The first-order valence-corrected chi connectivity index (χ1v) is 8.33. The van der Waals surface area contributed by atoms with Crippen LogP contribution in [0.1, 0.15) is 12.8 Å². The number of hydrogen-bond donors (Lipinski definition) is 2. The summed E-state index contributed by atoms with van der Waals surface area (Å²) >= 11 is 6.11. The summed E-state index contributed by atoms with van der Waals surface area (Å²) in [5, 5.41) is 15.8. The van der Waals surface area contributed by atoms with Crippen LogP contribution in [-0.4, -0.2) is 29.3 Å². The molecule has 1 saturated carbocycles. The van der Waals surface area contributed by atoms with Gasteiger partial charge in [-0.05, 0) is 68.1 Å². The maximum Gasteiger partial charge on any atom is 0.148 e. The van der Waals surface area contributed by atoms with Gasteiger partial charge in [-0.1, -0.05) is 11.6 Å². The molecule has 1 aliphatic heterocycles. The van der Waals surface area contributed by atoms with Crippen molar-refractivity contribution in [1.29, 1.82) is 0 Å². The van der Waals surface area contributed by atoms with Gasteiger partial charge in [-0.3, -0.25) is 0 Å². The number of fused-ring (bicyclic) bond motifs is 1. The molecule has 120 valence electrons. The van der Waals surface area contributed by atoms with E-state index in [1.54, 1.807) is 0 Å². The topological polar surface area (TPSA) is 49.8 Å². The molecule has 1 saturated heterocycles. The molecular formula is C17H18ClFN4. The molecule has 1 aliphatic carbocycles. The summed E-state index contributed by atoms with van der Waals surface area (Å²) in [4.78, 5) is 0. The highest BCUT2D eigenvalue weighted by Crippen LogP contribution is 2.35. The molecule has 1 unspecified atom stereocenters. The number of benzene rings is 1. The summed E-state index contributed by atoms with van der Waals surface area (Å²) in [6.45, 7) is 2.26. The van der Waals surface area contributed by atoms with Crippen LogP contribution in [0.3, 0.4) is 0 Å². The largest absolute Gasteiger partial charge is 0.366 e. The van der Waals surface area contributed by atoms with Crippen LogP contribution in [0.15, 0.2) is 30.3 Å². The van der Waals surface area contributed by atoms with Crippen molar-refractivity contribution in [1.82, 2.24) is 15.5 Å². The Kier molecular flexibility index (Phi) is 3.91. The van der Waals surface area contributed by atoms with Gasteiger partial charge in [0.25, 0.3) is 0 Å². The van der Waals surface area contributed by atoms with Crippen molar-refractivity contribution in [3.8, 4) is 11.3 Å². The lowest BCUT2D eigenvalue weighted by Gasteiger charge is -2.14. The molecule has 0 amide bonds. The molecule has 0 radical (unpaired) electrons. The number of nitrogens with zero attached hydrogens (tertiary/aromatic N) is 2. The van der Waals surface area contributed by atoms with Crippen LogP contribution in [0.4, 0.5) is 10.2 Å². The fraction of sp³-hybridized carbons (Fsp3) is 0.412. The number of aromatic nitrogens is 2. The number of nitrogens with one attached hydrogen (secondary N) is 2. The SMILES string of the molecule is Fc1ccc(Cl)c(-c2ccc(N[C@@H]3CC4CNC[C@H]4C3)nn2)c1. The van der Waals surface area contributed by atoms with E-state index in [2.05, 4.69) is 20.8 Å². The molecule has 2 aromatic rings. The van der Waals surface area contributed by atoms with Gasteiger partial charge >= 0.3 is 0 Å². The average molecular weight is 333 g/mol. The summed E-state index contributed by atoms with van der Waals surface area (Å²) in [5.41, 5.74) is 1.14. The second-order valence-corrected chi connectivity index (χ2v) is 6.83. The molecule has 2 fully saturated rings. The number of halogens is 2. The van der Waals surface area contributed by atoms with Crippen molar-refractivity contribution >= 4 is 17.4 Å². The molecule has 3 atom stereocenters. The van der Waals surface area contributed by atoms with Gasteiger partial charge in [0.2, 0.25) is 0 Å². The molecule has 2 aliphatic rings. The molecule has 4 rings (SSSR count). The zero-order valence-corrected chi connectivity index (χ0v) is 13.4. The Labute approximate surface area is 139 Å². The maximum atomic E-state index is 13.4. The highest BCUT2D eigenvalue weighted by Gasteiger charge is 2.37. The molecule has 1 aromatic heterocycles. The Morgan fingerprint density at radius 1 is 1.09 bits per heavy atom. The summed E-state index contributed by atoms with van der Waals surface area (Å²) < 4.78 is 13.4. The minimum atomic E-state index is -0.334. The zero-order chi connectivity index (χ0) is 15.8. The second-order valence-electron chi connectivity index (χ2n) is 6.42. The lowest BCUT2D eigenvalue weighted by Crippen LogP contribution is -2.21. The van der Waals surface area contributed by atoms with Gasteiger partial charge in [0.15, 0.2) is 0 Å². The fourth-order valence-electron chi connectivity index (χ4n) is 3.74. The van der Waals surface area contributed by atoms with Crippen molar-refractivity contribution in [2.24, 2.45) is 11.8 Å². The monoisotopic (exact) mass is 332 g/mol. The van der Waals surface area contributed by atoms with Crippen LogP contribution in [-0.2, 0) is 0 Å². The number of hydrogen-bond acceptors (Lipinski definition) is 4. The first-order valence-electron chi connectivity index (χ1n) is 7.95. The minimum Gasteiger partial charge on any atom is -0.366 e. The van der Waals surface area contributed by atoms with Crippen LogP contribution < -0.4 is 10.6 Å². The van der Waals surface area contributed by atoms with Crippen molar-refractivity contribution < 1.29 is 4.39 Å². The molecular weight excluding hydrogens is 315 g/mol. The normalized spacial score (nSPS) is 26.3. The van der Waals surface area contributed by atoms with Crippen molar-refractivity contribution in [2.45, 2.75) is 18.9 Å². The summed E-state index contributed by atoms with van der Waals surface area (Å²) in [5.74, 6) is 2.00. The van der Waals surface area contributed by atoms with Crippen LogP contribution in [0.2, 0.25) is 5.02 Å². The number of anilines is 1. The smallest absolute Gasteiger partial charge is 0.148 e. The van der Waals surface area contributed by atoms with Crippen molar-refractivity contribution in [3.05, 3.63) is 41.2 Å². The molecule has 0 spiro atoms. The first-order chi connectivity index (χ1) is 11.2. The lowest BCUT2D eigenvalue weighted by atomic mass is 10.0. The van der Waals surface area contributed by atoms with E-state index < -0.39 is 0 Å². The average Bonchev–Trinajstić information content (AvgIpc) is 3.12. The highest BCUT2D eigenvalue weighted by molar-refractivity contribution is 6.33. The lowest BCUT2D eigenvalue weighted by molar-refractivity contribution is 0.494. The first kappa shape index (κ1) is 14.8. The number of rotatable bonds is 3. The van der Waals surface area contributed by atoms with Gasteiger partial charge in [-0.2, -0.15) is 0 Å². The van der Waals surface area contributed by atoms with E-state index in [1.807, 2.05) is 12.1 Å². The van der Waals surface area contributed by atoms with E-state index in [9.17, 15) is 4.39 Å². The van der Waals surface area contributed by atoms with Crippen LogP contribution in [0.5, 0.6) is 0 Å². The Hall–Kier alpha value is -1.72. The molecule has 4 nitrogen and oxygen atoms in total. The molecule has 2 N–H and O–H groups in total. The van der Waals surface area contributed by atoms with Crippen molar-refractivity contribution in [2.75, 3.05) is 18.4 Å². The van der Waals surface area contributed by atoms with Gasteiger partial charge in [0.1, 0.15) is 11.6 Å². The Bertz CT molecular complexity index is 694. The molecule has 1 aromatic carbocycles. The van der Waals surface area contributed by atoms with Gasteiger partial charge in [0.05, 0.1) is 10.7 Å². The maximum absolute atomic E-state index is 13.4. The molecule has 23 heavy (non-hydrogen) atoms. The third-order valence-electron chi connectivity index (χ3n) is 4.88. The quantitative estimate of drug-likeness (QED) is 0.905. The van der Waals surface area contributed by atoms with E-state index in [0.29, 0.717) is 22.3 Å². The third kappa shape index (κ3) is 3.03. The Morgan fingerprint density at radius 3 is 2.57 bits per heavy atom. The second kappa shape index (κ2) is 6.06. The van der Waals surface area contributed by atoms with E-state index in [0.717, 1.165) is 30.7 Å². The van der Waals surface area contributed by atoms with E-state index in [4.69, 9.17) is 11.6 Å².